The molecule has 1 amide bonds. The molecule has 0 aliphatic rings. The van der Waals surface area contributed by atoms with Gasteiger partial charge in [0.15, 0.2) is 0 Å². The molecule has 0 fully saturated rings. The Morgan fingerprint density at radius 1 is 1.15 bits per heavy atom. The van der Waals surface area contributed by atoms with Crippen molar-refractivity contribution < 1.29 is 10.0 Å². The van der Waals surface area contributed by atoms with E-state index in [1.807, 2.05) is 24.4 Å². The smallest absolute Gasteiger partial charge is 0.243 e. The number of benzene rings is 1. The predicted octanol–water partition coefficient (Wildman–Crippen LogP) is 3.23. The molecule has 0 unspecified atom stereocenters. The van der Waals surface area contributed by atoms with E-state index >= 15 is 0 Å². The molecule has 0 spiro atoms. The van der Waals surface area contributed by atoms with Crippen LogP contribution in [-0.2, 0) is 11.2 Å². The zero-order chi connectivity index (χ0) is 14.2. The molecule has 2 aromatic rings. The molecule has 0 bridgehead atoms. The molecule has 2 N–H and O–H groups in total. The number of carbonyl (C=O) groups is 1. The van der Waals surface area contributed by atoms with E-state index in [9.17, 15) is 4.79 Å². The largest absolute Gasteiger partial charge is 0.289 e. The first-order valence-corrected chi connectivity index (χ1v) is 7.06. The van der Waals surface area contributed by atoms with E-state index in [0.29, 0.717) is 6.42 Å². The second kappa shape index (κ2) is 7.60. The lowest BCUT2D eigenvalue weighted by Crippen LogP contribution is -2.17. The summed E-state index contributed by atoms with van der Waals surface area (Å²) in [4.78, 5) is 15.3. The van der Waals surface area contributed by atoms with E-state index in [1.54, 1.807) is 5.48 Å². The number of hydroxylamine groups is 1. The van der Waals surface area contributed by atoms with Gasteiger partial charge >= 0.3 is 0 Å². The standard InChI is InChI=1S/C16H20N2O2/c19-16(18-20)10-4-2-1-3-7-13-11-14-8-5-6-9-15(14)17-12-13/h5-6,8-9,11-12,20H,1-4,7,10H2,(H,18,19). The highest BCUT2D eigenvalue weighted by molar-refractivity contribution is 5.78. The number of nitrogens with zero attached hydrogens (tertiary/aromatic N) is 1. The second-order valence-electron chi connectivity index (χ2n) is 4.99. The first-order chi connectivity index (χ1) is 9.79. The molecule has 1 aromatic carbocycles. The second-order valence-corrected chi connectivity index (χ2v) is 4.99. The first kappa shape index (κ1) is 14.5. The van der Waals surface area contributed by atoms with Crippen LogP contribution in [0, 0.1) is 0 Å². The highest BCUT2D eigenvalue weighted by atomic mass is 16.5. The number of hydrogen-bond acceptors (Lipinski definition) is 3. The average molecular weight is 272 g/mol. The number of hydrogen-bond donors (Lipinski definition) is 2. The van der Waals surface area contributed by atoms with Crippen LogP contribution in [0.25, 0.3) is 10.9 Å². The SMILES string of the molecule is O=C(CCCCCCc1cnc2ccccc2c1)NO. The zero-order valence-corrected chi connectivity index (χ0v) is 11.5. The summed E-state index contributed by atoms with van der Waals surface area (Å²) in [5.74, 6) is -0.302. The van der Waals surface area contributed by atoms with Crippen LogP contribution in [0.15, 0.2) is 36.5 Å². The van der Waals surface area contributed by atoms with Gasteiger partial charge in [-0.1, -0.05) is 31.0 Å². The molecular formula is C16H20N2O2. The van der Waals surface area contributed by atoms with E-state index in [2.05, 4.69) is 17.1 Å². The Morgan fingerprint density at radius 2 is 1.95 bits per heavy atom. The van der Waals surface area contributed by atoms with Crippen LogP contribution in [-0.4, -0.2) is 16.1 Å². The van der Waals surface area contributed by atoms with Gasteiger partial charge in [0.25, 0.3) is 0 Å². The maximum atomic E-state index is 10.8. The van der Waals surface area contributed by atoms with Gasteiger partial charge in [0.1, 0.15) is 0 Å². The van der Waals surface area contributed by atoms with Crippen LogP contribution in [0.5, 0.6) is 0 Å². The molecule has 0 aliphatic carbocycles. The molecule has 2 rings (SSSR count). The van der Waals surface area contributed by atoms with Crippen molar-refractivity contribution in [2.24, 2.45) is 0 Å². The molecule has 1 heterocycles. The fourth-order valence-corrected chi connectivity index (χ4v) is 2.28. The molecular weight excluding hydrogens is 252 g/mol. The van der Waals surface area contributed by atoms with Crippen LogP contribution in [0.2, 0.25) is 0 Å². The van der Waals surface area contributed by atoms with E-state index in [4.69, 9.17) is 5.21 Å². The first-order valence-electron chi connectivity index (χ1n) is 7.06. The summed E-state index contributed by atoms with van der Waals surface area (Å²) in [5.41, 5.74) is 3.95. The molecule has 0 aliphatic heterocycles. The van der Waals surface area contributed by atoms with Crippen LogP contribution in [0.3, 0.4) is 0 Å². The normalized spacial score (nSPS) is 10.7. The third-order valence-corrected chi connectivity index (χ3v) is 3.39. The predicted molar refractivity (Wildman–Crippen MR) is 78.5 cm³/mol. The summed E-state index contributed by atoms with van der Waals surface area (Å²) in [6.07, 6.45) is 7.38. The Morgan fingerprint density at radius 3 is 2.80 bits per heavy atom. The zero-order valence-electron chi connectivity index (χ0n) is 11.5. The summed E-state index contributed by atoms with van der Waals surface area (Å²) >= 11 is 0. The highest BCUT2D eigenvalue weighted by Gasteiger charge is 2.00. The van der Waals surface area contributed by atoms with Gasteiger partial charge in [-0.3, -0.25) is 15.0 Å². The van der Waals surface area contributed by atoms with Crippen molar-refractivity contribution in [3.63, 3.8) is 0 Å². The van der Waals surface area contributed by atoms with Crippen LogP contribution < -0.4 is 5.48 Å². The Labute approximate surface area is 118 Å². The quantitative estimate of drug-likeness (QED) is 0.462. The Kier molecular flexibility index (Phi) is 5.50. The number of nitrogens with one attached hydrogen (secondary N) is 1. The van der Waals surface area contributed by atoms with Crippen molar-refractivity contribution in [2.45, 2.75) is 38.5 Å². The number of carbonyl (C=O) groups excluding carboxylic acids is 1. The lowest BCUT2D eigenvalue weighted by Gasteiger charge is -2.03. The number of aromatic nitrogens is 1. The number of pyridine rings is 1. The van der Waals surface area contributed by atoms with Crippen molar-refractivity contribution in [3.05, 3.63) is 42.1 Å². The number of aryl methyl sites for hydroxylation is 1. The molecule has 0 saturated carbocycles. The number of para-hydroxylation sites is 1. The summed E-state index contributed by atoms with van der Waals surface area (Å²) < 4.78 is 0. The van der Waals surface area contributed by atoms with Crippen molar-refractivity contribution >= 4 is 16.8 Å². The van der Waals surface area contributed by atoms with Gasteiger partial charge in [-0.2, -0.15) is 0 Å². The molecule has 106 valence electrons. The van der Waals surface area contributed by atoms with Crippen LogP contribution in [0.4, 0.5) is 0 Å². The Bertz CT molecular complexity index is 569. The summed E-state index contributed by atoms with van der Waals surface area (Å²) in [7, 11) is 0. The summed E-state index contributed by atoms with van der Waals surface area (Å²) in [6, 6.07) is 10.3. The van der Waals surface area contributed by atoms with Gasteiger partial charge < -0.3 is 0 Å². The fourth-order valence-electron chi connectivity index (χ4n) is 2.28. The van der Waals surface area contributed by atoms with Gasteiger partial charge in [-0.25, -0.2) is 5.48 Å². The average Bonchev–Trinajstić information content (AvgIpc) is 2.50. The van der Waals surface area contributed by atoms with Crippen molar-refractivity contribution in [1.82, 2.24) is 10.5 Å². The number of fused-ring (bicyclic) bond motifs is 1. The lowest BCUT2D eigenvalue weighted by atomic mass is 10.1. The third kappa shape index (κ3) is 4.31. The number of amides is 1. The fraction of sp³-hybridized carbons (Fsp3) is 0.375. The molecule has 0 saturated heterocycles. The van der Waals surface area contributed by atoms with Gasteiger partial charge in [0.2, 0.25) is 5.91 Å². The minimum absolute atomic E-state index is 0.302. The molecule has 0 radical (unpaired) electrons. The van der Waals surface area contributed by atoms with Gasteiger partial charge in [0, 0.05) is 18.0 Å². The van der Waals surface area contributed by atoms with Crippen LogP contribution in [0.1, 0.15) is 37.7 Å². The maximum absolute atomic E-state index is 10.8. The molecule has 4 nitrogen and oxygen atoms in total. The Balaban J connectivity index is 1.72. The van der Waals surface area contributed by atoms with E-state index in [-0.39, 0.29) is 5.91 Å². The van der Waals surface area contributed by atoms with Gasteiger partial charge in [-0.15, -0.1) is 0 Å². The molecule has 4 heteroatoms. The van der Waals surface area contributed by atoms with Crippen molar-refractivity contribution in [3.8, 4) is 0 Å². The van der Waals surface area contributed by atoms with Crippen molar-refractivity contribution in [1.29, 1.82) is 0 Å². The van der Waals surface area contributed by atoms with Gasteiger partial charge in [0.05, 0.1) is 5.52 Å². The monoisotopic (exact) mass is 272 g/mol. The Hall–Kier alpha value is -1.94. The van der Waals surface area contributed by atoms with E-state index in [0.717, 1.165) is 37.6 Å². The number of rotatable bonds is 7. The number of unbranched alkanes of at least 4 members (excludes halogenated alkanes) is 3. The van der Waals surface area contributed by atoms with Gasteiger partial charge in [-0.05, 0) is 37.0 Å². The minimum Gasteiger partial charge on any atom is -0.289 e. The highest BCUT2D eigenvalue weighted by Crippen LogP contribution is 2.15. The molecule has 1 aromatic heterocycles. The topological polar surface area (TPSA) is 62.2 Å². The summed E-state index contributed by atoms with van der Waals surface area (Å²) in [6.45, 7) is 0. The minimum atomic E-state index is -0.302. The molecule has 20 heavy (non-hydrogen) atoms. The van der Waals surface area contributed by atoms with E-state index in [1.165, 1.54) is 10.9 Å². The molecule has 0 atom stereocenters. The van der Waals surface area contributed by atoms with E-state index < -0.39 is 0 Å². The summed E-state index contributed by atoms with van der Waals surface area (Å²) in [5, 5.41) is 9.55. The van der Waals surface area contributed by atoms with Crippen molar-refractivity contribution in [2.75, 3.05) is 0 Å². The lowest BCUT2D eigenvalue weighted by molar-refractivity contribution is -0.129. The van der Waals surface area contributed by atoms with Crippen LogP contribution >= 0.6 is 0 Å². The maximum Gasteiger partial charge on any atom is 0.243 e. The third-order valence-electron chi connectivity index (χ3n) is 3.39.